The standard InChI is InChI=1S/C19H18O3/c1-11-16(12(2)18(21)19(22)17(11)10-20)9-14-8-7-13-5-3-4-6-15(13)14/h3-6,8,10,21-22H,7,9H2,1-2H3. The number of phenols is 2. The molecule has 0 amide bonds. The predicted molar refractivity (Wildman–Crippen MR) is 86.5 cm³/mol. The van der Waals surface area contributed by atoms with Crippen LogP contribution in [0.5, 0.6) is 11.5 Å². The number of aldehydes is 1. The average Bonchev–Trinajstić information content (AvgIpc) is 2.93. The second-order valence-corrected chi connectivity index (χ2v) is 5.72. The molecule has 1 aliphatic rings. The Labute approximate surface area is 129 Å². The van der Waals surface area contributed by atoms with Crippen LogP contribution in [0.1, 0.15) is 38.2 Å². The molecule has 3 heteroatoms. The molecule has 2 aromatic carbocycles. The third kappa shape index (κ3) is 2.10. The van der Waals surface area contributed by atoms with Gasteiger partial charge in [0.05, 0.1) is 5.56 Å². The van der Waals surface area contributed by atoms with Crippen LogP contribution in [0.3, 0.4) is 0 Å². The van der Waals surface area contributed by atoms with Crippen LogP contribution in [0.15, 0.2) is 30.3 Å². The monoisotopic (exact) mass is 294 g/mol. The largest absolute Gasteiger partial charge is 0.504 e. The Kier molecular flexibility index (Phi) is 3.49. The molecule has 22 heavy (non-hydrogen) atoms. The summed E-state index contributed by atoms with van der Waals surface area (Å²) in [6, 6.07) is 8.26. The van der Waals surface area contributed by atoms with Gasteiger partial charge in [0.25, 0.3) is 0 Å². The zero-order chi connectivity index (χ0) is 15.9. The molecule has 0 fully saturated rings. The van der Waals surface area contributed by atoms with Gasteiger partial charge in [0.1, 0.15) is 0 Å². The normalized spacial score (nSPS) is 12.9. The van der Waals surface area contributed by atoms with Crippen molar-refractivity contribution in [2.75, 3.05) is 0 Å². The average molecular weight is 294 g/mol. The first-order valence-corrected chi connectivity index (χ1v) is 7.31. The molecule has 0 spiro atoms. The summed E-state index contributed by atoms with van der Waals surface area (Å²) in [5.41, 5.74) is 6.15. The molecule has 0 saturated heterocycles. The molecule has 0 aliphatic heterocycles. The lowest BCUT2D eigenvalue weighted by Crippen LogP contribution is -2.01. The van der Waals surface area contributed by atoms with Gasteiger partial charge in [0.2, 0.25) is 0 Å². The fourth-order valence-corrected chi connectivity index (χ4v) is 3.19. The Morgan fingerprint density at radius 3 is 2.55 bits per heavy atom. The number of rotatable bonds is 3. The number of benzene rings is 2. The van der Waals surface area contributed by atoms with Crippen LogP contribution in [-0.2, 0) is 12.8 Å². The molecule has 2 N–H and O–H groups in total. The molecule has 2 aromatic rings. The SMILES string of the molecule is Cc1c(O)c(O)c(C=O)c(C)c1CC1=CCc2ccccc21. The fourth-order valence-electron chi connectivity index (χ4n) is 3.19. The number of phenolic OH excluding ortho intramolecular Hbond substituents is 2. The Hall–Kier alpha value is -2.55. The molecule has 0 heterocycles. The van der Waals surface area contributed by atoms with Crippen molar-refractivity contribution >= 4 is 11.9 Å². The number of fused-ring (bicyclic) bond motifs is 1. The summed E-state index contributed by atoms with van der Waals surface area (Å²) >= 11 is 0. The Morgan fingerprint density at radius 1 is 1.09 bits per heavy atom. The van der Waals surface area contributed by atoms with Gasteiger partial charge in [0, 0.05) is 0 Å². The summed E-state index contributed by atoms with van der Waals surface area (Å²) in [6.07, 6.45) is 4.34. The van der Waals surface area contributed by atoms with Gasteiger partial charge in [-0.3, -0.25) is 4.79 Å². The molecule has 0 saturated carbocycles. The summed E-state index contributed by atoms with van der Waals surface area (Å²) < 4.78 is 0. The minimum atomic E-state index is -0.324. The highest BCUT2D eigenvalue weighted by molar-refractivity contribution is 5.86. The molecule has 3 nitrogen and oxygen atoms in total. The van der Waals surface area contributed by atoms with E-state index in [1.807, 2.05) is 19.1 Å². The van der Waals surface area contributed by atoms with Gasteiger partial charge in [-0.05, 0) is 60.1 Å². The second-order valence-electron chi connectivity index (χ2n) is 5.72. The van der Waals surface area contributed by atoms with E-state index in [1.54, 1.807) is 6.92 Å². The minimum absolute atomic E-state index is 0.171. The van der Waals surface area contributed by atoms with E-state index in [9.17, 15) is 15.0 Å². The minimum Gasteiger partial charge on any atom is -0.504 e. The van der Waals surface area contributed by atoms with E-state index in [0.29, 0.717) is 18.3 Å². The Balaban J connectivity index is 2.08. The maximum atomic E-state index is 11.2. The summed E-state index contributed by atoms with van der Waals surface area (Å²) in [4.78, 5) is 11.2. The van der Waals surface area contributed by atoms with Crippen molar-refractivity contribution < 1.29 is 15.0 Å². The highest BCUT2D eigenvalue weighted by Crippen LogP contribution is 2.40. The van der Waals surface area contributed by atoms with Crippen LogP contribution >= 0.6 is 0 Å². The molecular formula is C19H18O3. The third-order valence-corrected chi connectivity index (χ3v) is 4.56. The van der Waals surface area contributed by atoms with Gasteiger partial charge < -0.3 is 10.2 Å². The molecule has 0 atom stereocenters. The highest BCUT2D eigenvalue weighted by atomic mass is 16.3. The second kappa shape index (κ2) is 5.34. The van der Waals surface area contributed by atoms with Gasteiger partial charge in [-0.25, -0.2) is 0 Å². The molecule has 0 aromatic heterocycles. The van der Waals surface area contributed by atoms with E-state index >= 15 is 0 Å². The maximum Gasteiger partial charge on any atom is 0.168 e. The lowest BCUT2D eigenvalue weighted by Gasteiger charge is -2.16. The molecule has 3 rings (SSSR count). The molecule has 1 aliphatic carbocycles. The zero-order valence-electron chi connectivity index (χ0n) is 12.7. The third-order valence-electron chi connectivity index (χ3n) is 4.56. The Morgan fingerprint density at radius 2 is 1.82 bits per heavy atom. The van der Waals surface area contributed by atoms with Crippen LogP contribution in [0.2, 0.25) is 0 Å². The summed E-state index contributed by atoms with van der Waals surface area (Å²) in [7, 11) is 0. The fraction of sp³-hybridized carbons (Fsp3) is 0.211. The number of carbonyl (C=O) groups is 1. The quantitative estimate of drug-likeness (QED) is 0.670. The summed E-state index contributed by atoms with van der Waals surface area (Å²) in [5.74, 6) is -0.524. The maximum absolute atomic E-state index is 11.2. The number of allylic oxidation sites excluding steroid dienone is 2. The summed E-state index contributed by atoms with van der Waals surface area (Å²) in [5, 5.41) is 20.0. The van der Waals surface area contributed by atoms with E-state index in [2.05, 4.69) is 18.2 Å². The van der Waals surface area contributed by atoms with Gasteiger partial charge in [-0.15, -0.1) is 0 Å². The van der Waals surface area contributed by atoms with E-state index in [1.165, 1.54) is 16.7 Å². The van der Waals surface area contributed by atoms with Crippen molar-refractivity contribution in [3.8, 4) is 11.5 Å². The molecular weight excluding hydrogens is 276 g/mol. The van der Waals surface area contributed by atoms with E-state index in [0.717, 1.165) is 17.5 Å². The van der Waals surface area contributed by atoms with Gasteiger partial charge in [-0.1, -0.05) is 30.3 Å². The van der Waals surface area contributed by atoms with Crippen LogP contribution in [0.25, 0.3) is 5.57 Å². The van der Waals surface area contributed by atoms with Gasteiger partial charge >= 0.3 is 0 Å². The van der Waals surface area contributed by atoms with Crippen molar-refractivity contribution in [3.63, 3.8) is 0 Å². The number of hydrogen-bond acceptors (Lipinski definition) is 3. The molecule has 0 bridgehead atoms. The number of hydrogen-bond donors (Lipinski definition) is 2. The molecule has 112 valence electrons. The zero-order valence-corrected chi connectivity index (χ0v) is 12.7. The number of carbonyl (C=O) groups excluding carboxylic acids is 1. The smallest absolute Gasteiger partial charge is 0.168 e. The molecule has 0 unspecified atom stereocenters. The number of aromatic hydroxyl groups is 2. The van der Waals surface area contributed by atoms with Gasteiger partial charge in [-0.2, -0.15) is 0 Å². The predicted octanol–water partition coefficient (Wildman–Crippen LogP) is 3.71. The first-order valence-electron chi connectivity index (χ1n) is 7.31. The van der Waals surface area contributed by atoms with Crippen molar-refractivity contribution in [1.82, 2.24) is 0 Å². The first kappa shape index (κ1) is 14.4. The highest BCUT2D eigenvalue weighted by Gasteiger charge is 2.21. The van der Waals surface area contributed by atoms with E-state index < -0.39 is 0 Å². The molecule has 0 radical (unpaired) electrons. The van der Waals surface area contributed by atoms with Crippen molar-refractivity contribution in [3.05, 3.63) is 63.7 Å². The lowest BCUT2D eigenvalue weighted by atomic mass is 9.90. The topological polar surface area (TPSA) is 57.5 Å². The first-order chi connectivity index (χ1) is 10.5. The van der Waals surface area contributed by atoms with Crippen LogP contribution in [-0.4, -0.2) is 16.5 Å². The lowest BCUT2D eigenvalue weighted by molar-refractivity contribution is 0.111. The van der Waals surface area contributed by atoms with Crippen molar-refractivity contribution in [2.45, 2.75) is 26.7 Å². The summed E-state index contributed by atoms with van der Waals surface area (Å²) in [6.45, 7) is 3.58. The van der Waals surface area contributed by atoms with Crippen LogP contribution in [0, 0.1) is 13.8 Å². The van der Waals surface area contributed by atoms with Crippen molar-refractivity contribution in [2.24, 2.45) is 0 Å². The van der Waals surface area contributed by atoms with Crippen LogP contribution in [0.4, 0.5) is 0 Å². The van der Waals surface area contributed by atoms with E-state index in [-0.39, 0.29) is 17.1 Å². The van der Waals surface area contributed by atoms with Gasteiger partial charge in [0.15, 0.2) is 17.8 Å². The van der Waals surface area contributed by atoms with Crippen molar-refractivity contribution in [1.29, 1.82) is 0 Å². The van der Waals surface area contributed by atoms with E-state index in [4.69, 9.17) is 0 Å². The van der Waals surface area contributed by atoms with Crippen LogP contribution < -0.4 is 0 Å². The Bertz CT molecular complexity index is 801.